The third kappa shape index (κ3) is 5.66. The van der Waals surface area contributed by atoms with Crippen molar-refractivity contribution in [2.75, 3.05) is 44.7 Å². The Morgan fingerprint density at radius 3 is 2.35 bits per heavy atom. The molecule has 10 nitrogen and oxygen atoms in total. The van der Waals surface area contributed by atoms with E-state index in [-0.39, 0.29) is 23.0 Å². The lowest BCUT2D eigenvalue weighted by Crippen LogP contribution is -2.59. The number of aromatic nitrogens is 2. The number of likely N-dealkylation sites (tertiary alicyclic amines) is 1. The van der Waals surface area contributed by atoms with Gasteiger partial charge in [0.1, 0.15) is 11.4 Å². The van der Waals surface area contributed by atoms with E-state index >= 15 is 0 Å². The van der Waals surface area contributed by atoms with Gasteiger partial charge in [-0.1, -0.05) is 18.5 Å². The summed E-state index contributed by atoms with van der Waals surface area (Å²) in [6.07, 6.45) is 2.47. The van der Waals surface area contributed by atoms with E-state index in [0.29, 0.717) is 38.0 Å². The first-order chi connectivity index (χ1) is 16.0. The van der Waals surface area contributed by atoms with Gasteiger partial charge in [-0.3, -0.25) is 14.3 Å². The Morgan fingerprint density at radius 2 is 1.79 bits per heavy atom. The van der Waals surface area contributed by atoms with Crippen LogP contribution in [-0.4, -0.2) is 88.9 Å². The zero-order chi connectivity index (χ0) is 25.2. The van der Waals surface area contributed by atoms with Crippen molar-refractivity contribution in [2.24, 2.45) is 7.05 Å². The molecule has 1 unspecified atom stereocenters. The highest BCUT2D eigenvalue weighted by atomic mass is 35.5. The van der Waals surface area contributed by atoms with Crippen molar-refractivity contribution in [3.63, 3.8) is 0 Å². The van der Waals surface area contributed by atoms with E-state index in [1.807, 2.05) is 20.8 Å². The third-order valence-electron chi connectivity index (χ3n) is 6.48. The summed E-state index contributed by atoms with van der Waals surface area (Å²) < 4.78 is 11.5. The van der Waals surface area contributed by atoms with E-state index in [1.54, 1.807) is 11.9 Å². The van der Waals surface area contributed by atoms with Crippen molar-refractivity contribution in [1.82, 2.24) is 19.4 Å². The van der Waals surface area contributed by atoms with Crippen LogP contribution in [0.2, 0.25) is 5.15 Å². The lowest BCUT2D eigenvalue weighted by molar-refractivity contribution is 0.00940. The molecule has 0 aromatic carbocycles. The molecule has 1 aromatic heterocycles. The number of hydrogen-bond acceptors (Lipinski definition) is 8. The number of hydrogen-bond donors (Lipinski definition) is 0. The van der Waals surface area contributed by atoms with Crippen molar-refractivity contribution in [1.29, 1.82) is 0 Å². The summed E-state index contributed by atoms with van der Waals surface area (Å²) in [5.41, 5.74) is -1.35. The first-order valence-corrected chi connectivity index (χ1v) is 12.2. The zero-order valence-corrected chi connectivity index (χ0v) is 21.7. The predicted octanol–water partition coefficient (Wildman–Crippen LogP) is 2.52. The van der Waals surface area contributed by atoms with Gasteiger partial charge in [-0.25, -0.2) is 14.6 Å². The van der Waals surface area contributed by atoms with Crippen LogP contribution in [0.4, 0.5) is 10.6 Å². The van der Waals surface area contributed by atoms with Crippen LogP contribution in [-0.2, 0) is 16.5 Å². The van der Waals surface area contributed by atoms with E-state index < -0.39 is 17.1 Å². The minimum Gasteiger partial charge on any atom is -0.464 e. The average Bonchev–Trinajstić information content (AvgIpc) is 2.79. The molecule has 1 amide bonds. The molecule has 11 heteroatoms. The van der Waals surface area contributed by atoms with Crippen LogP contribution < -0.4 is 10.5 Å². The molecule has 1 aromatic rings. The van der Waals surface area contributed by atoms with Gasteiger partial charge in [0.05, 0.1) is 7.11 Å². The van der Waals surface area contributed by atoms with Crippen LogP contribution in [0.15, 0.2) is 4.79 Å². The van der Waals surface area contributed by atoms with Crippen molar-refractivity contribution >= 4 is 29.5 Å². The van der Waals surface area contributed by atoms with E-state index in [2.05, 4.69) is 26.4 Å². The lowest BCUT2D eigenvalue weighted by Gasteiger charge is -2.48. The largest absolute Gasteiger partial charge is 0.464 e. The molecule has 2 aliphatic heterocycles. The fourth-order valence-electron chi connectivity index (χ4n) is 4.77. The van der Waals surface area contributed by atoms with Crippen LogP contribution >= 0.6 is 11.6 Å². The van der Waals surface area contributed by atoms with E-state index in [4.69, 9.17) is 16.3 Å². The second-order valence-corrected chi connectivity index (χ2v) is 10.2. The Morgan fingerprint density at radius 1 is 1.15 bits per heavy atom. The Labute approximate surface area is 205 Å². The normalized spacial score (nSPS) is 20.4. The number of anilines is 1. The summed E-state index contributed by atoms with van der Waals surface area (Å²) in [4.78, 5) is 47.4. The predicted molar refractivity (Wildman–Crippen MR) is 130 cm³/mol. The van der Waals surface area contributed by atoms with E-state index in [0.717, 1.165) is 25.8 Å². The fourth-order valence-corrected chi connectivity index (χ4v) is 5.11. The maximum Gasteiger partial charge on any atom is 0.410 e. The number of halogens is 1. The summed E-state index contributed by atoms with van der Waals surface area (Å²) in [6, 6.07) is 0.642. The highest BCUT2D eigenvalue weighted by Crippen LogP contribution is 2.29. The van der Waals surface area contributed by atoms with Crippen molar-refractivity contribution < 1.29 is 19.1 Å². The molecule has 0 bridgehead atoms. The van der Waals surface area contributed by atoms with Crippen LogP contribution in [0, 0.1) is 0 Å². The van der Waals surface area contributed by atoms with E-state index in [1.165, 1.54) is 11.7 Å². The highest BCUT2D eigenvalue weighted by molar-refractivity contribution is 6.31. The first-order valence-electron chi connectivity index (χ1n) is 11.8. The molecule has 2 aliphatic rings. The van der Waals surface area contributed by atoms with Crippen LogP contribution in [0.1, 0.15) is 57.4 Å². The highest BCUT2D eigenvalue weighted by Gasteiger charge is 2.36. The van der Waals surface area contributed by atoms with Gasteiger partial charge < -0.3 is 19.3 Å². The number of esters is 1. The third-order valence-corrected chi connectivity index (χ3v) is 6.74. The Bertz CT molecular complexity index is 968. The zero-order valence-electron chi connectivity index (χ0n) is 21.0. The Balaban J connectivity index is 1.69. The van der Waals surface area contributed by atoms with Crippen molar-refractivity contribution in [3.05, 3.63) is 21.2 Å². The Kier molecular flexibility index (Phi) is 8.13. The minimum atomic E-state index is -0.803. The molecule has 0 saturated carbocycles. The number of ether oxygens (including phenoxy) is 2. The molecule has 3 rings (SSSR count). The second-order valence-electron chi connectivity index (χ2n) is 9.88. The monoisotopic (exact) mass is 497 g/mol. The first kappa shape index (κ1) is 26.3. The molecular weight excluding hydrogens is 462 g/mol. The molecule has 0 aliphatic carbocycles. The van der Waals surface area contributed by atoms with Gasteiger partial charge in [0.2, 0.25) is 5.69 Å². The molecule has 0 spiro atoms. The van der Waals surface area contributed by atoms with Gasteiger partial charge in [0, 0.05) is 51.9 Å². The Hall–Kier alpha value is -2.33. The molecule has 1 atom stereocenters. The van der Waals surface area contributed by atoms with Gasteiger partial charge in [-0.05, 0) is 40.0 Å². The van der Waals surface area contributed by atoms with Crippen LogP contribution in [0.5, 0.6) is 0 Å². The van der Waals surface area contributed by atoms with Crippen molar-refractivity contribution in [3.8, 4) is 0 Å². The van der Waals surface area contributed by atoms with E-state index in [9.17, 15) is 14.4 Å². The summed E-state index contributed by atoms with van der Waals surface area (Å²) in [7, 11) is 2.80. The standard InChI is InChI=1S/C23H36ClN5O5/c1-7-15-14-28(19-18(24)25-17(21(31)33-6)20(30)26(19)5)12-13-29(15)16-8-10-27(11-9-16)22(32)34-23(2,3)4/h15-16H,7-14H2,1-6H3. The summed E-state index contributed by atoms with van der Waals surface area (Å²) >= 11 is 6.43. The molecular formula is C23H36ClN5O5. The van der Waals surface area contributed by atoms with Gasteiger partial charge in [0.25, 0.3) is 5.56 Å². The molecule has 0 radical (unpaired) electrons. The SMILES string of the molecule is CCC1CN(c2c(Cl)nc(C(=O)OC)c(=O)n2C)CCN1C1CCN(C(=O)OC(C)(C)C)CC1. The molecule has 190 valence electrons. The molecule has 2 fully saturated rings. The summed E-state index contributed by atoms with van der Waals surface area (Å²) in [6.45, 7) is 11.3. The van der Waals surface area contributed by atoms with Crippen molar-refractivity contribution in [2.45, 2.75) is 64.6 Å². The number of carbonyl (C=O) groups excluding carboxylic acids is 2. The van der Waals surface area contributed by atoms with Gasteiger partial charge in [-0.15, -0.1) is 0 Å². The number of methoxy groups -OCH3 is 1. The lowest BCUT2D eigenvalue weighted by atomic mass is 9.98. The van der Waals surface area contributed by atoms with Gasteiger partial charge in [-0.2, -0.15) is 0 Å². The number of amides is 1. The number of nitrogens with zero attached hydrogens (tertiary/aromatic N) is 5. The summed E-state index contributed by atoms with van der Waals surface area (Å²) in [5.74, 6) is -0.291. The minimum absolute atomic E-state index is 0.108. The van der Waals surface area contributed by atoms with Gasteiger partial charge in [0.15, 0.2) is 5.15 Å². The molecule has 3 heterocycles. The number of piperidine rings is 1. The second kappa shape index (κ2) is 10.5. The molecule has 0 N–H and O–H groups in total. The van der Waals surface area contributed by atoms with Crippen LogP contribution in [0.3, 0.4) is 0 Å². The topological polar surface area (TPSA) is 97.2 Å². The fraction of sp³-hybridized carbons (Fsp3) is 0.739. The quantitative estimate of drug-likeness (QED) is 0.585. The molecule has 34 heavy (non-hydrogen) atoms. The number of carbonyl (C=O) groups is 2. The van der Waals surface area contributed by atoms with Gasteiger partial charge >= 0.3 is 12.1 Å². The maximum absolute atomic E-state index is 12.7. The molecule has 2 saturated heterocycles. The number of rotatable bonds is 4. The summed E-state index contributed by atoms with van der Waals surface area (Å²) in [5, 5.41) is 0.108. The number of piperazine rings is 1. The smallest absolute Gasteiger partial charge is 0.410 e. The average molecular weight is 498 g/mol. The maximum atomic E-state index is 12.7. The van der Waals surface area contributed by atoms with Crippen LogP contribution in [0.25, 0.3) is 0 Å².